The number of hydrogen-bond donors (Lipinski definition) is 2. The number of carbonyl (C=O) groups is 1. The van der Waals surface area contributed by atoms with Gasteiger partial charge in [-0.25, -0.2) is 0 Å². The van der Waals surface area contributed by atoms with Crippen molar-refractivity contribution in [2.75, 3.05) is 26.7 Å². The average molecular weight is 268 g/mol. The maximum absolute atomic E-state index is 12.0. The van der Waals surface area contributed by atoms with Crippen molar-refractivity contribution >= 4 is 11.9 Å². The summed E-state index contributed by atoms with van der Waals surface area (Å²) in [5.74, 6) is 1.39. The molecule has 1 rings (SSSR count). The zero-order chi connectivity index (χ0) is 14.3. The van der Waals surface area contributed by atoms with Crippen molar-refractivity contribution in [2.45, 2.75) is 46.1 Å². The molecule has 0 aromatic rings. The van der Waals surface area contributed by atoms with Gasteiger partial charge in [-0.05, 0) is 32.1 Å². The smallest absolute Gasteiger partial charge is 0.241 e. The molecule has 1 aliphatic rings. The average Bonchev–Trinajstić information content (AvgIpc) is 2.43. The Morgan fingerprint density at radius 1 is 1.21 bits per heavy atom. The van der Waals surface area contributed by atoms with Gasteiger partial charge in [-0.15, -0.1) is 0 Å². The van der Waals surface area contributed by atoms with Gasteiger partial charge in [0.1, 0.15) is 0 Å². The fourth-order valence-corrected chi connectivity index (χ4v) is 1.99. The molecule has 0 bridgehead atoms. The molecule has 110 valence electrons. The lowest BCUT2D eigenvalue weighted by Gasteiger charge is -2.27. The molecule has 0 aromatic carbocycles. The number of rotatable bonds is 4. The van der Waals surface area contributed by atoms with Gasteiger partial charge in [-0.2, -0.15) is 0 Å². The first kappa shape index (κ1) is 15.8. The van der Waals surface area contributed by atoms with E-state index in [0.717, 1.165) is 25.9 Å². The summed E-state index contributed by atoms with van der Waals surface area (Å²) >= 11 is 0. The minimum atomic E-state index is 0.167. The third-order valence-electron chi connectivity index (χ3n) is 3.70. The Labute approximate surface area is 116 Å². The Kier molecular flexibility index (Phi) is 6.67. The van der Waals surface area contributed by atoms with Gasteiger partial charge in [0.25, 0.3) is 0 Å². The molecule has 0 aliphatic carbocycles. The van der Waals surface area contributed by atoms with Crippen LogP contribution in [0.15, 0.2) is 4.99 Å². The van der Waals surface area contributed by atoms with E-state index in [9.17, 15) is 4.79 Å². The molecule has 1 unspecified atom stereocenters. The van der Waals surface area contributed by atoms with Crippen LogP contribution in [0.3, 0.4) is 0 Å². The quantitative estimate of drug-likeness (QED) is 0.595. The van der Waals surface area contributed by atoms with Crippen molar-refractivity contribution < 1.29 is 4.79 Å². The molecular weight excluding hydrogens is 240 g/mol. The predicted molar refractivity (Wildman–Crippen MR) is 79.2 cm³/mol. The topological polar surface area (TPSA) is 56.7 Å². The third-order valence-corrected chi connectivity index (χ3v) is 3.70. The first-order valence-corrected chi connectivity index (χ1v) is 7.29. The van der Waals surface area contributed by atoms with Crippen molar-refractivity contribution in [2.24, 2.45) is 10.9 Å². The zero-order valence-corrected chi connectivity index (χ0v) is 12.7. The molecule has 1 atom stereocenters. The summed E-state index contributed by atoms with van der Waals surface area (Å²) in [6, 6.07) is 0.330. The van der Waals surface area contributed by atoms with Gasteiger partial charge in [0, 0.05) is 26.2 Å². The van der Waals surface area contributed by atoms with Gasteiger partial charge in [0.05, 0.1) is 6.54 Å². The molecule has 0 saturated carbocycles. The summed E-state index contributed by atoms with van der Waals surface area (Å²) in [6.07, 6.45) is 3.50. The normalized spacial score (nSPS) is 18.4. The predicted octanol–water partition coefficient (Wildman–Crippen LogP) is 1.21. The van der Waals surface area contributed by atoms with Crippen molar-refractivity contribution in [3.8, 4) is 0 Å². The van der Waals surface area contributed by atoms with Crippen LogP contribution in [0.5, 0.6) is 0 Å². The van der Waals surface area contributed by atoms with Crippen LogP contribution in [0.2, 0.25) is 0 Å². The Morgan fingerprint density at radius 3 is 2.37 bits per heavy atom. The Bertz CT molecular complexity index is 309. The number of carbonyl (C=O) groups excluding carboxylic acids is 1. The minimum absolute atomic E-state index is 0.167. The van der Waals surface area contributed by atoms with E-state index in [0.29, 0.717) is 24.5 Å². The molecule has 5 heteroatoms. The molecule has 5 nitrogen and oxygen atoms in total. The second kappa shape index (κ2) is 8.02. The number of guanidine groups is 1. The monoisotopic (exact) mass is 268 g/mol. The van der Waals surface area contributed by atoms with Crippen molar-refractivity contribution in [1.82, 2.24) is 15.5 Å². The van der Waals surface area contributed by atoms with Crippen LogP contribution in [0.25, 0.3) is 0 Å². The first-order chi connectivity index (χ1) is 9.04. The Hall–Kier alpha value is -1.26. The highest BCUT2D eigenvalue weighted by molar-refractivity contribution is 5.86. The van der Waals surface area contributed by atoms with E-state index in [2.05, 4.69) is 36.4 Å². The van der Waals surface area contributed by atoms with E-state index in [1.165, 1.54) is 6.42 Å². The maximum Gasteiger partial charge on any atom is 0.241 e. The van der Waals surface area contributed by atoms with Gasteiger partial charge in [-0.1, -0.05) is 13.8 Å². The molecule has 19 heavy (non-hydrogen) atoms. The molecule has 2 N–H and O–H groups in total. The fourth-order valence-electron chi connectivity index (χ4n) is 1.99. The number of nitrogens with one attached hydrogen (secondary N) is 2. The summed E-state index contributed by atoms with van der Waals surface area (Å²) in [5.41, 5.74) is 0. The van der Waals surface area contributed by atoms with E-state index < -0.39 is 0 Å². The van der Waals surface area contributed by atoms with Crippen LogP contribution in [-0.2, 0) is 4.79 Å². The molecule has 0 spiro atoms. The fraction of sp³-hybridized carbons (Fsp3) is 0.857. The first-order valence-electron chi connectivity index (χ1n) is 7.29. The lowest BCUT2D eigenvalue weighted by Crippen LogP contribution is -2.48. The van der Waals surface area contributed by atoms with Crippen LogP contribution in [0, 0.1) is 5.92 Å². The lowest BCUT2D eigenvalue weighted by molar-refractivity contribution is -0.130. The largest absolute Gasteiger partial charge is 0.354 e. The summed E-state index contributed by atoms with van der Waals surface area (Å²) in [6.45, 7) is 8.55. The zero-order valence-electron chi connectivity index (χ0n) is 12.7. The molecule has 0 radical (unpaired) electrons. The Morgan fingerprint density at radius 2 is 1.84 bits per heavy atom. The van der Waals surface area contributed by atoms with Gasteiger partial charge in [0.15, 0.2) is 5.96 Å². The number of nitrogens with zero attached hydrogens (tertiary/aromatic N) is 2. The number of likely N-dealkylation sites (tertiary alicyclic amines) is 1. The van der Waals surface area contributed by atoms with Crippen LogP contribution in [0.4, 0.5) is 0 Å². The third kappa shape index (κ3) is 5.49. The standard InChI is InChI=1S/C14H28N4O/c1-11(2)12(3)17-14(15-4)16-10-13(19)18-8-6-5-7-9-18/h11-12H,5-10H2,1-4H3,(H2,15,16,17). The second-order valence-electron chi connectivity index (χ2n) is 5.54. The summed E-state index contributed by atoms with van der Waals surface area (Å²) in [5, 5.41) is 6.39. The molecule has 1 amide bonds. The van der Waals surface area contributed by atoms with Crippen molar-refractivity contribution in [1.29, 1.82) is 0 Å². The highest BCUT2D eigenvalue weighted by Gasteiger charge is 2.17. The van der Waals surface area contributed by atoms with E-state index in [-0.39, 0.29) is 5.91 Å². The maximum atomic E-state index is 12.0. The summed E-state index contributed by atoms with van der Waals surface area (Å²) < 4.78 is 0. The van der Waals surface area contributed by atoms with Crippen LogP contribution in [-0.4, -0.2) is 49.5 Å². The van der Waals surface area contributed by atoms with Crippen LogP contribution >= 0.6 is 0 Å². The number of aliphatic imine (C=N–C) groups is 1. The highest BCUT2D eigenvalue weighted by atomic mass is 16.2. The number of piperidine rings is 1. The van der Waals surface area contributed by atoms with E-state index in [4.69, 9.17) is 0 Å². The summed E-state index contributed by atoms with van der Waals surface area (Å²) in [7, 11) is 1.73. The number of hydrogen-bond acceptors (Lipinski definition) is 2. The van der Waals surface area contributed by atoms with Crippen molar-refractivity contribution in [3.05, 3.63) is 0 Å². The molecule has 0 aromatic heterocycles. The van der Waals surface area contributed by atoms with E-state index in [1.807, 2.05) is 4.90 Å². The highest BCUT2D eigenvalue weighted by Crippen LogP contribution is 2.08. The van der Waals surface area contributed by atoms with Gasteiger partial charge in [0.2, 0.25) is 5.91 Å². The van der Waals surface area contributed by atoms with Crippen LogP contribution in [0.1, 0.15) is 40.0 Å². The van der Waals surface area contributed by atoms with Gasteiger partial charge in [-0.3, -0.25) is 9.79 Å². The van der Waals surface area contributed by atoms with Gasteiger partial charge >= 0.3 is 0 Å². The molecule has 1 heterocycles. The summed E-state index contributed by atoms with van der Waals surface area (Å²) in [4.78, 5) is 18.1. The molecular formula is C14H28N4O. The van der Waals surface area contributed by atoms with E-state index in [1.54, 1.807) is 7.05 Å². The van der Waals surface area contributed by atoms with Crippen LogP contribution < -0.4 is 10.6 Å². The Balaban J connectivity index is 2.34. The molecule has 1 saturated heterocycles. The SMILES string of the molecule is CN=C(NCC(=O)N1CCCCC1)NC(C)C(C)C. The second-order valence-corrected chi connectivity index (χ2v) is 5.54. The molecule has 1 fully saturated rings. The lowest BCUT2D eigenvalue weighted by atomic mass is 10.1. The minimum Gasteiger partial charge on any atom is -0.354 e. The number of amides is 1. The van der Waals surface area contributed by atoms with Crippen molar-refractivity contribution in [3.63, 3.8) is 0 Å². The van der Waals surface area contributed by atoms with E-state index >= 15 is 0 Å². The molecule has 1 aliphatic heterocycles. The van der Waals surface area contributed by atoms with Gasteiger partial charge < -0.3 is 15.5 Å².